The monoisotopic (exact) mass is 310 g/mol. The lowest BCUT2D eigenvalue weighted by molar-refractivity contribution is 0.0939. The number of amides is 1. The summed E-state index contributed by atoms with van der Waals surface area (Å²) in [6, 6.07) is 8.84. The predicted molar refractivity (Wildman–Crippen MR) is 82.6 cm³/mol. The Hall–Kier alpha value is -1.40. The molecule has 1 heterocycles. The zero-order chi connectivity index (χ0) is 15.3. The van der Waals surface area contributed by atoms with E-state index < -0.39 is 10.0 Å². The van der Waals surface area contributed by atoms with E-state index in [1.54, 1.807) is 23.4 Å². The van der Waals surface area contributed by atoms with E-state index >= 15 is 0 Å². The maximum absolute atomic E-state index is 12.1. The zero-order valence-corrected chi connectivity index (χ0v) is 13.1. The molecular weight excluding hydrogens is 288 g/mol. The lowest BCUT2D eigenvalue weighted by Gasteiger charge is -2.34. The van der Waals surface area contributed by atoms with Gasteiger partial charge in [0.05, 0.1) is 5.75 Å². The third kappa shape index (κ3) is 4.04. The molecule has 0 radical (unpaired) electrons. The maximum Gasteiger partial charge on any atom is 0.251 e. The molecule has 5 nitrogen and oxygen atoms in total. The Morgan fingerprint density at radius 3 is 2.67 bits per heavy atom. The second kappa shape index (κ2) is 7.04. The SMILES string of the molecule is CCS(=O)(=O)N1CCCCC1CNC(=O)c1ccccc1. The van der Waals surface area contributed by atoms with Crippen LogP contribution in [0.4, 0.5) is 0 Å². The molecule has 1 amide bonds. The summed E-state index contributed by atoms with van der Waals surface area (Å²) in [5.41, 5.74) is 0.596. The first-order valence-corrected chi connectivity index (χ1v) is 8.98. The van der Waals surface area contributed by atoms with Crippen molar-refractivity contribution in [3.8, 4) is 0 Å². The fourth-order valence-electron chi connectivity index (χ4n) is 2.61. The van der Waals surface area contributed by atoms with Gasteiger partial charge in [0.2, 0.25) is 10.0 Å². The van der Waals surface area contributed by atoms with E-state index in [0.717, 1.165) is 19.3 Å². The number of sulfonamides is 1. The highest BCUT2D eigenvalue weighted by atomic mass is 32.2. The van der Waals surface area contributed by atoms with Crippen LogP contribution in [-0.4, -0.2) is 43.5 Å². The fourth-order valence-corrected chi connectivity index (χ4v) is 3.99. The molecule has 0 aliphatic carbocycles. The number of benzene rings is 1. The Kier molecular flexibility index (Phi) is 5.36. The summed E-state index contributed by atoms with van der Waals surface area (Å²) >= 11 is 0. The number of carbonyl (C=O) groups is 1. The molecule has 21 heavy (non-hydrogen) atoms. The lowest BCUT2D eigenvalue weighted by atomic mass is 10.0. The van der Waals surface area contributed by atoms with Gasteiger partial charge >= 0.3 is 0 Å². The Bertz CT molecular complexity index is 572. The van der Waals surface area contributed by atoms with Crippen LogP contribution < -0.4 is 5.32 Å². The van der Waals surface area contributed by atoms with Crippen molar-refractivity contribution in [2.45, 2.75) is 32.2 Å². The molecule has 1 unspecified atom stereocenters. The average Bonchev–Trinajstić information content (AvgIpc) is 2.53. The molecule has 6 heteroatoms. The molecule has 1 N–H and O–H groups in total. The van der Waals surface area contributed by atoms with Gasteiger partial charge in [0.15, 0.2) is 0 Å². The Morgan fingerprint density at radius 1 is 1.29 bits per heavy atom. The van der Waals surface area contributed by atoms with Crippen LogP contribution in [0.3, 0.4) is 0 Å². The number of rotatable bonds is 5. The number of hydrogen-bond donors (Lipinski definition) is 1. The van der Waals surface area contributed by atoms with Crippen molar-refractivity contribution in [3.63, 3.8) is 0 Å². The maximum atomic E-state index is 12.1. The summed E-state index contributed by atoms with van der Waals surface area (Å²) in [4.78, 5) is 12.0. The van der Waals surface area contributed by atoms with E-state index in [9.17, 15) is 13.2 Å². The second-order valence-electron chi connectivity index (χ2n) is 5.24. The van der Waals surface area contributed by atoms with Gasteiger partial charge < -0.3 is 5.32 Å². The van der Waals surface area contributed by atoms with Gasteiger partial charge in [-0.2, -0.15) is 4.31 Å². The highest BCUT2D eigenvalue weighted by Crippen LogP contribution is 2.20. The van der Waals surface area contributed by atoms with Gasteiger partial charge in [0, 0.05) is 24.7 Å². The van der Waals surface area contributed by atoms with Crippen LogP contribution in [0.5, 0.6) is 0 Å². The van der Waals surface area contributed by atoms with Crippen molar-refractivity contribution < 1.29 is 13.2 Å². The van der Waals surface area contributed by atoms with Gasteiger partial charge in [0.25, 0.3) is 5.91 Å². The molecule has 1 aromatic carbocycles. The molecule has 116 valence electrons. The van der Waals surface area contributed by atoms with Crippen LogP contribution in [0.1, 0.15) is 36.5 Å². The first-order chi connectivity index (χ1) is 10.0. The summed E-state index contributed by atoms with van der Waals surface area (Å²) < 4.78 is 25.7. The quantitative estimate of drug-likeness (QED) is 0.898. The third-order valence-electron chi connectivity index (χ3n) is 3.83. The van der Waals surface area contributed by atoms with Gasteiger partial charge in [-0.1, -0.05) is 24.6 Å². The van der Waals surface area contributed by atoms with Crippen molar-refractivity contribution in [3.05, 3.63) is 35.9 Å². The van der Waals surface area contributed by atoms with Crippen LogP contribution in [-0.2, 0) is 10.0 Å². The predicted octanol–water partition coefficient (Wildman–Crippen LogP) is 1.62. The summed E-state index contributed by atoms with van der Waals surface area (Å²) in [6.07, 6.45) is 2.69. The average molecular weight is 310 g/mol. The van der Waals surface area contributed by atoms with Gasteiger partial charge in [-0.05, 0) is 31.9 Å². The zero-order valence-electron chi connectivity index (χ0n) is 12.3. The van der Waals surface area contributed by atoms with Crippen LogP contribution in [0.2, 0.25) is 0 Å². The highest BCUT2D eigenvalue weighted by molar-refractivity contribution is 7.89. The van der Waals surface area contributed by atoms with E-state index in [-0.39, 0.29) is 17.7 Å². The number of carbonyl (C=O) groups excluding carboxylic acids is 1. The highest BCUT2D eigenvalue weighted by Gasteiger charge is 2.31. The first-order valence-electron chi connectivity index (χ1n) is 7.37. The van der Waals surface area contributed by atoms with Crippen molar-refractivity contribution in [1.82, 2.24) is 9.62 Å². The van der Waals surface area contributed by atoms with Crippen molar-refractivity contribution in [2.75, 3.05) is 18.8 Å². The Labute approximate surface area is 126 Å². The van der Waals surface area contributed by atoms with Gasteiger partial charge in [-0.3, -0.25) is 4.79 Å². The van der Waals surface area contributed by atoms with Crippen molar-refractivity contribution in [2.24, 2.45) is 0 Å². The molecule has 1 fully saturated rings. The first kappa shape index (κ1) is 16.0. The minimum Gasteiger partial charge on any atom is -0.350 e. The van der Waals surface area contributed by atoms with Crippen LogP contribution in [0.15, 0.2) is 30.3 Å². The third-order valence-corrected chi connectivity index (χ3v) is 5.75. The number of piperidine rings is 1. The number of hydrogen-bond acceptors (Lipinski definition) is 3. The summed E-state index contributed by atoms with van der Waals surface area (Å²) in [5, 5.41) is 2.85. The molecule has 0 saturated carbocycles. The van der Waals surface area contributed by atoms with Crippen LogP contribution in [0, 0.1) is 0 Å². The van der Waals surface area contributed by atoms with Crippen molar-refractivity contribution in [1.29, 1.82) is 0 Å². The van der Waals surface area contributed by atoms with E-state index in [4.69, 9.17) is 0 Å². The summed E-state index contributed by atoms with van der Waals surface area (Å²) in [6.45, 7) is 2.58. The normalized spacial score (nSPS) is 20.1. The van der Waals surface area contributed by atoms with E-state index in [2.05, 4.69) is 5.32 Å². The summed E-state index contributed by atoms with van der Waals surface area (Å²) in [7, 11) is -3.20. The largest absolute Gasteiger partial charge is 0.350 e. The lowest BCUT2D eigenvalue weighted by Crippen LogP contribution is -2.49. The standard InChI is InChI=1S/C15H22N2O3S/c1-2-21(19,20)17-11-7-6-10-14(17)12-16-15(18)13-8-4-3-5-9-13/h3-5,8-9,14H,2,6-7,10-12H2,1H3,(H,16,18). The Morgan fingerprint density at radius 2 is 2.00 bits per heavy atom. The molecular formula is C15H22N2O3S. The van der Waals surface area contributed by atoms with Crippen LogP contribution >= 0.6 is 0 Å². The minimum atomic E-state index is -3.20. The van der Waals surface area contributed by atoms with Gasteiger partial charge in [-0.15, -0.1) is 0 Å². The molecule has 1 aliphatic heterocycles. The molecule has 0 aromatic heterocycles. The second-order valence-corrected chi connectivity index (χ2v) is 7.45. The smallest absolute Gasteiger partial charge is 0.251 e. The molecule has 1 atom stereocenters. The molecule has 0 spiro atoms. The van der Waals surface area contributed by atoms with E-state index in [0.29, 0.717) is 18.7 Å². The van der Waals surface area contributed by atoms with E-state index in [1.165, 1.54) is 0 Å². The van der Waals surface area contributed by atoms with Gasteiger partial charge in [0.1, 0.15) is 0 Å². The summed E-state index contributed by atoms with van der Waals surface area (Å²) in [5.74, 6) is -0.0501. The Balaban J connectivity index is 1.99. The molecule has 2 rings (SSSR count). The number of nitrogens with one attached hydrogen (secondary N) is 1. The molecule has 1 saturated heterocycles. The van der Waals surface area contributed by atoms with Crippen LogP contribution in [0.25, 0.3) is 0 Å². The molecule has 1 aliphatic rings. The molecule has 0 bridgehead atoms. The van der Waals surface area contributed by atoms with E-state index in [1.807, 2.05) is 18.2 Å². The topological polar surface area (TPSA) is 66.5 Å². The minimum absolute atomic E-state index is 0.107. The fraction of sp³-hybridized carbons (Fsp3) is 0.533. The van der Waals surface area contributed by atoms with Gasteiger partial charge in [-0.25, -0.2) is 8.42 Å². The van der Waals surface area contributed by atoms with Crippen molar-refractivity contribution >= 4 is 15.9 Å². The number of nitrogens with zero attached hydrogens (tertiary/aromatic N) is 1. The molecule has 1 aromatic rings.